The summed E-state index contributed by atoms with van der Waals surface area (Å²) < 4.78 is 0. The molecule has 0 saturated heterocycles. The normalized spacial score (nSPS) is 22.0. The predicted octanol–water partition coefficient (Wildman–Crippen LogP) is 6.76. The summed E-state index contributed by atoms with van der Waals surface area (Å²) in [5, 5.41) is 3.01. The number of benzene rings is 2. The Morgan fingerprint density at radius 3 is 2.38 bits per heavy atom. The van der Waals surface area contributed by atoms with Gasteiger partial charge in [0.2, 0.25) is 5.91 Å². The van der Waals surface area contributed by atoms with Crippen LogP contribution in [0.15, 0.2) is 84.6 Å². The van der Waals surface area contributed by atoms with Crippen molar-refractivity contribution < 1.29 is 9.69 Å². The van der Waals surface area contributed by atoms with E-state index >= 15 is 0 Å². The molecule has 2 unspecified atom stereocenters. The molecule has 1 amide bonds. The lowest BCUT2D eigenvalue weighted by atomic mass is 9.80. The zero-order valence-electron chi connectivity index (χ0n) is 25.8. The molecule has 2 aromatic rings. The lowest BCUT2D eigenvalue weighted by molar-refractivity contribution is -0.850. The first-order valence-corrected chi connectivity index (χ1v) is 15.3. The minimum Gasteiger partial charge on any atom is -0.354 e. The average molecular weight is 541 g/mol. The average Bonchev–Trinajstić information content (AvgIpc) is 3.26. The van der Waals surface area contributed by atoms with Gasteiger partial charge in [-0.1, -0.05) is 68.5 Å². The van der Waals surface area contributed by atoms with Crippen molar-refractivity contribution in [2.75, 3.05) is 18.0 Å². The maximum Gasteiger partial charge on any atom is 0.220 e. The summed E-state index contributed by atoms with van der Waals surface area (Å²) in [6, 6.07) is 18.3. The number of likely N-dealkylation sites (N-methyl/N-ethyl adjacent to an activating group) is 1. The fourth-order valence-corrected chi connectivity index (χ4v) is 6.78. The van der Waals surface area contributed by atoms with Crippen LogP contribution in [0.5, 0.6) is 0 Å². The Morgan fingerprint density at radius 1 is 0.950 bits per heavy atom. The summed E-state index contributed by atoms with van der Waals surface area (Å²) in [4.78, 5) is 16.0. The summed E-state index contributed by atoms with van der Waals surface area (Å²) in [5.74, 6) is 0.171. The molecule has 0 aromatic heterocycles. The quantitative estimate of drug-likeness (QED) is 0.244. The van der Waals surface area contributed by atoms with Crippen molar-refractivity contribution in [3.05, 3.63) is 95.7 Å². The Labute approximate surface area is 242 Å². The van der Waals surface area contributed by atoms with Gasteiger partial charge in [0, 0.05) is 41.4 Å². The Hall–Kier alpha value is -3.11. The molecule has 40 heavy (non-hydrogen) atoms. The number of hydrogen-bond acceptors (Lipinski definition) is 2. The van der Waals surface area contributed by atoms with Crippen LogP contribution < -0.4 is 15.1 Å². The third kappa shape index (κ3) is 6.12. The fraction of sp³-hybridized carbons (Fsp3) is 0.472. The van der Waals surface area contributed by atoms with E-state index in [0.717, 1.165) is 32.4 Å². The number of hydrogen-bond donors (Lipinski definition) is 2. The van der Waals surface area contributed by atoms with Crippen LogP contribution in [0.3, 0.4) is 0 Å². The van der Waals surface area contributed by atoms with Crippen LogP contribution >= 0.6 is 0 Å². The number of unbranched alkanes of at least 4 members (excludes halogenated alkanes) is 2. The molecule has 0 bridgehead atoms. The van der Waals surface area contributed by atoms with E-state index in [1.54, 1.807) is 4.90 Å². The molecule has 2 aliphatic rings. The van der Waals surface area contributed by atoms with Gasteiger partial charge in [-0.2, -0.15) is 0 Å². The molecule has 4 heteroatoms. The minimum atomic E-state index is -0.00778. The van der Waals surface area contributed by atoms with E-state index in [2.05, 4.69) is 124 Å². The van der Waals surface area contributed by atoms with Crippen molar-refractivity contribution in [1.82, 2.24) is 5.32 Å². The van der Waals surface area contributed by atoms with E-state index in [0.29, 0.717) is 12.5 Å². The number of carbonyl (C=O) groups is 1. The zero-order chi connectivity index (χ0) is 28.9. The van der Waals surface area contributed by atoms with Crippen molar-refractivity contribution >= 4 is 17.3 Å². The molecule has 2 N–H and O–H groups in total. The third-order valence-electron chi connectivity index (χ3n) is 8.82. The van der Waals surface area contributed by atoms with Crippen molar-refractivity contribution in [3.63, 3.8) is 0 Å². The highest BCUT2D eigenvalue weighted by Gasteiger charge is 2.47. The number of rotatable bonds is 11. The van der Waals surface area contributed by atoms with Gasteiger partial charge in [-0.15, -0.1) is 0 Å². The van der Waals surface area contributed by atoms with Crippen molar-refractivity contribution in [2.45, 2.75) is 97.1 Å². The smallest absolute Gasteiger partial charge is 0.220 e. The van der Waals surface area contributed by atoms with Crippen LogP contribution in [0.1, 0.15) is 85.3 Å². The highest BCUT2D eigenvalue weighted by molar-refractivity contribution is 5.76. The first kappa shape index (κ1) is 29.9. The van der Waals surface area contributed by atoms with Crippen LogP contribution in [0.4, 0.5) is 11.4 Å². The van der Waals surface area contributed by atoms with E-state index in [1.165, 1.54) is 28.2 Å². The molecule has 2 aliphatic heterocycles. The molecular formula is C36H50N3O+. The molecule has 0 spiro atoms. The summed E-state index contributed by atoms with van der Waals surface area (Å²) in [5.41, 5.74) is 7.00. The van der Waals surface area contributed by atoms with Crippen LogP contribution in [0.25, 0.3) is 0 Å². The van der Waals surface area contributed by atoms with Gasteiger partial charge in [-0.25, -0.2) is 0 Å². The van der Waals surface area contributed by atoms with E-state index in [4.69, 9.17) is 0 Å². The largest absolute Gasteiger partial charge is 0.354 e. The van der Waals surface area contributed by atoms with Crippen molar-refractivity contribution in [3.8, 4) is 0 Å². The van der Waals surface area contributed by atoms with Gasteiger partial charge in [0.1, 0.15) is 11.7 Å². The number of nitrogens with zero attached hydrogens (tertiary/aromatic N) is 1. The number of para-hydroxylation sites is 2. The number of anilines is 1. The molecule has 2 heterocycles. The van der Waals surface area contributed by atoms with Gasteiger partial charge >= 0.3 is 0 Å². The summed E-state index contributed by atoms with van der Waals surface area (Å²) in [6.45, 7) is 17.7. The van der Waals surface area contributed by atoms with Gasteiger partial charge in [0.25, 0.3) is 0 Å². The molecule has 214 valence electrons. The molecule has 0 saturated carbocycles. The van der Waals surface area contributed by atoms with Crippen molar-refractivity contribution in [1.29, 1.82) is 0 Å². The van der Waals surface area contributed by atoms with Crippen LogP contribution in [-0.2, 0) is 15.6 Å². The second kappa shape index (κ2) is 12.6. The topological polar surface area (TPSA) is 36.8 Å². The maximum atomic E-state index is 12.0. The minimum absolute atomic E-state index is 0.00778. The van der Waals surface area contributed by atoms with E-state index in [-0.39, 0.29) is 22.8 Å². The Kier molecular flexibility index (Phi) is 9.41. The van der Waals surface area contributed by atoms with Crippen LogP contribution in [0, 0.1) is 0 Å². The summed E-state index contributed by atoms with van der Waals surface area (Å²) >= 11 is 0. The van der Waals surface area contributed by atoms with E-state index in [9.17, 15) is 4.79 Å². The van der Waals surface area contributed by atoms with Crippen LogP contribution in [-0.4, -0.2) is 31.1 Å². The van der Waals surface area contributed by atoms with E-state index in [1.807, 2.05) is 13.8 Å². The van der Waals surface area contributed by atoms with Gasteiger partial charge < -0.3 is 10.2 Å². The monoisotopic (exact) mass is 540 g/mol. The maximum absolute atomic E-state index is 12.0. The molecule has 0 radical (unpaired) electrons. The number of fused-ring (bicyclic) bond motifs is 2. The van der Waals surface area contributed by atoms with Crippen molar-refractivity contribution in [2.24, 2.45) is 0 Å². The molecule has 2 aromatic carbocycles. The molecule has 4 rings (SSSR count). The summed E-state index contributed by atoms with van der Waals surface area (Å²) in [7, 11) is 0. The number of allylic oxidation sites excluding steroid dienone is 5. The predicted molar refractivity (Wildman–Crippen MR) is 169 cm³/mol. The zero-order valence-corrected chi connectivity index (χ0v) is 25.8. The Bertz CT molecular complexity index is 1270. The third-order valence-corrected chi connectivity index (χ3v) is 8.82. The second-order valence-electron chi connectivity index (χ2n) is 12.8. The molecule has 2 atom stereocenters. The Balaban J connectivity index is 1.45. The van der Waals surface area contributed by atoms with E-state index < -0.39 is 0 Å². The molecule has 4 nitrogen and oxygen atoms in total. The van der Waals surface area contributed by atoms with Gasteiger partial charge in [0.15, 0.2) is 0 Å². The molecular weight excluding hydrogens is 490 g/mol. The van der Waals surface area contributed by atoms with Gasteiger partial charge in [-0.3, -0.25) is 9.69 Å². The first-order chi connectivity index (χ1) is 19.1. The lowest BCUT2D eigenvalue weighted by Crippen LogP contribution is -3.10. The van der Waals surface area contributed by atoms with Gasteiger partial charge in [0.05, 0.1) is 12.0 Å². The standard InChI is InChI=1S/C36H49N3O/c1-8-38-30-21-16-14-19-28(30)35(4,5)32(38)23-11-9-12-24-33-36(6,7)29-20-15-17-22-31(29)39(33)26-18-10-13-25-34(40)37-27(2)3/h9,11-12,14-17,19-24,27,33H,8,10,13,18,25-26H2,1-7H3,(H,37,40)/p+1/b11-9+,24-12+,32-23+. The highest BCUT2D eigenvalue weighted by Crippen LogP contribution is 2.47. The summed E-state index contributed by atoms with van der Waals surface area (Å²) in [6.07, 6.45) is 15.1. The first-order valence-electron chi connectivity index (χ1n) is 15.3. The highest BCUT2D eigenvalue weighted by atomic mass is 16.1. The fourth-order valence-electron chi connectivity index (χ4n) is 6.78. The van der Waals surface area contributed by atoms with Crippen LogP contribution in [0.2, 0.25) is 0 Å². The number of carbonyl (C=O) groups excluding carboxylic acids is 1. The molecule has 0 fully saturated rings. The number of nitrogens with one attached hydrogen (secondary N) is 2. The second-order valence-corrected chi connectivity index (χ2v) is 12.8. The molecule has 0 aliphatic carbocycles. The number of quaternary nitrogens is 1. The Morgan fingerprint density at radius 2 is 1.65 bits per heavy atom. The lowest BCUT2D eigenvalue weighted by Gasteiger charge is -2.27. The number of amides is 1. The SMILES string of the molecule is CCN1/C(=C/C=C/C=C/C2[NH+](CCCCCC(=O)NC(C)C)c3ccccc3C2(C)C)C(C)(C)c2ccccc21. The van der Waals surface area contributed by atoms with Gasteiger partial charge in [-0.05, 0) is 83.7 Å².